The number of aryl methyl sites for hydroxylation is 1. The molecule has 0 radical (unpaired) electrons. The summed E-state index contributed by atoms with van der Waals surface area (Å²) in [6.45, 7) is 2.27. The largest absolute Gasteiger partial charge is 0.385 e. The Hall–Kier alpha value is -2.78. The van der Waals surface area contributed by atoms with Crippen LogP contribution in [0.5, 0.6) is 0 Å². The standard InChI is InChI=1S/C19H20FN3O4S/c1-12-10-13(4-5-14(12)20)23-18(25)17-15(6-9-28-17)22(19(23)26)11-16(24)21-7-3-8-27-2/h4-6,9-10H,3,7-8,11H2,1-2H3,(H,21,24). The molecule has 7 nitrogen and oxygen atoms in total. The minimum atomic E-state index is -0.644. The fourth-order valence-electron chi connectivity index (χ4n) is 2.88. The summed E-state index contributed by atoms with van der Waals surface area (Å²) in [6, 6.07) is 5.66. The van der Waals surface area contributed by atoms with Crippen LogP contribution < -0.4 is 16.6 Å². The molecule has 0 aliphatic rings. The van der Waals surface area contributed by atoms with Crippen LogP contribution in [-0.2, 0) is 16.1 Å². The number of nitrogens with zero attached hydrogens (tertiary/aromatic N) is 2. The first kappa shape index (κ1) is 20.0. The first-order valence-electron chi connectivity index (χ1n) is 8.69. The van der Waals surface area contributed by atoms with E-state index in [0.717, 1.165) is 4.57 Å². The van der Waals surface area contributed by atoms with E-state index in [1.807, 2.05) is 0 Å². The number of amides is 1. The van der Waals surface area contributed by atoms with Gasteiger partial charge in [-0.3, -0.25) is 14.2 Å². The van der Waals surface area contributed by atoms with Crippen LogP contribution in [0.15, 0.2) is 39.2 Å². The van der Waals surface area contributed by atoms with E-state index in [0.29, 0.717) is 35.4 Å². The lowest BCUT2D eigenvalue weighted by Crippen LogP contribution is -2.41. The first-order chi connectivity index (χ1) is 13.4. The minimum absolute atomic E-state index is 0.223. The van der Waals surface area contributed by atoms with Crippen molar-refractivity contribution in [3.8, 4) is 5.69 Å². The third-order valence-electron chi connectivity index (χ3n) is 4.30. The molecule has 3 rings (SSSR count). The van der Waals surface area contributed by atoms with Crippen molar-refractivity contribution in [2.45, 2.75) is 19.9 Å². The SMILES string of the molecule is COCCCNC(=O)Cn1c(=O)n(-c2ccc(F)c(C)c2)c(=O)c2sccc21. The van der Waals surface area contributed by atoms with Gasteiger partial charge in [-0.05, 0) is 48.6 Å². The smallest absolute Gasteiger partial charge is 0.336 e. The Kier molecular flexibility index (Phi) is 6.05. The van der Waals surface area contributed by atoms with Crippen molar-refractivity contribution in [2.24, 2.45) is 0 Å². The van der Waals surface area contributed by atoms with Gasteiger partial charge in [-0.15, -0.1) is 11.3 Å². The topological polar surface area (TPSA) is 82.3 Å². The van der Waals surface area contributed by atoms with Gasteiger partial charge in [0.05, 0.1) is 11.2 Å². The number of hydrogen-bond acceptors (Lipinski definition) is 5. The van der Waals surface area contributed by atoms with E-state index in [4.69, 9.17) is 4.74 Å². The van der Waals surface area contributed by atoms with Crippen molar-refractivity contribution in [1.82, 2.24) is 14.5 Å². The molecule has 0 atom stereocenters. The van der Waals surface area contributed by atoms with Gasteiger partial charge in [0.15, 0.2) is 0 Å². The Morgan fingerprint density at radius 2 is 2.07 bits per heavy atom. The van der Waals surface area contributed by atoms with Crippen LogP contribution in [0.3, 0.4) is 0 Å². The number of methoxy groups -OCH3 is 1. The molecule has 0 fully saturated rings. The van der Waals surface area contributed by atoms with E-state index in [-0.39, 0.29) is 18.1 Å². The molecule has 148 valence electrons. The van der Waals surface area contributed by atoms with Crippen molar-refractivity contribution in [2.75, 3.05) is 20.3 Å². The third kappa shape index (κ3) is 3.90. The second-order valence-electron chi connectivity index (χ2n) is 6.27. The fourth-order valence-corrected chi connectivity index (χ4v) is 3.70. The number of rotatable bonds is 7. The molecule has 1 N–H and O–H groups in total. The van der Waals surface area contributed by atoms with E-state index in [1.54, 1.807) is 25.5 Å². The van der Waals surface area contributed by atoms with Gasteiger partial charge in [-0.1, -0.05) is 0 Å². The van der Waals surface area contributed by atoms with Gasteiger partial charge in [0.25, 0.3) is 5.56 Å². The summed E-state index contributed by atoms with van der Waals surface area (Å²) in [5.41, 5.74) is -0.148. The van der Waals surface area contributed by atoms with Gasteiger partial charge in [-0.25, -0.2) is 13.8 Å². The third-order valence-corrected chi connectivity index (χ3v) is 5.20. The number of carbonyl (C=O) groups excluding carboxylic acids is 1. The van der Waals surface area contributed by atoms with E-state index >= 15 is 0 Å². The molecule has 3 aromatic rings. The van der Waals surface area contributed by atoms with Crippen LogP contribution in [0.25, 0.3) is 15.9 Å². The normalized spacial score (nSPS) is 11.1. The molecule has 0 aliphatic carbocycles. The van der Waals surface area contributed by atoms with Crippen molar-refractivity contribution >= 4 is 27.5 Å². The predicted octanol–water partition coefficient (Wildman–Crippen LogP) is 1.81. The Balaban J connectivity index is 2.04. The van der Waals surface area contributed by atoms with Crippen molar-refractivity contribution in [3.05, 3.63) is 61.9 Å². The van der Waals surface area contributed by atoms with Crippen LogP contribution in [0, 0.1) is 12.7 Å². The maximum atomic E-state index is 13.6. The van der Waals surface area contributed by atoms with Crippen molar-refractivity contribution in [1.29, 1.82) is 0 Å². The zero-order valence-corrected chi connectivity index (χ0v) is 16.3. The second-order valence-corrected chi connectivity index (χ2v) is 7.19. The quantitative estimate of drug-likeness (QED) is 0.608. The Morgan fingerprint density at radius 3 is 2.79 bits per heavy atom. The highest BCUT2D eigenvalue weighted by Crippen LogP contribution is 2.17. The lowest BCUT2D eigenvalue weighted by molar-refractivity contribution is -0.121. The Morgan fingerprint density at radius 1 is 1.29 bits per heavy atom. The second kappa shape index (κ2) is 8.49. The molecule has 2 heterocycles. The maximum Gasteiger partial charge on any atom is 0.336 e. The van der Waals surface area contributed by atoms with E-state index in [2.05, 4.69) is 5.32 Å². The lowest BCUT2D eigenvalue weighted by Gasteiger charge is -2.13. The number of carbonyl (C=O) groups is 1. The van der Waals surface area contributed by atoms with Gasteiger partial charge in [0.2, 0.25) is 5.91 Å². The summed E-state index contributed by atoms with van der Waals surface area (Å²) < 4.78 is 21.1. The average molecular weight is 405 g/mol. The number of fused-ring (bicyclic) bond motifs is 1. The molecule has 1 amide bonds. The maximum absolute atomic E-state index is 13.6. The summed E-state index contributed by atoms with van der Waals surface area (Å²) >= 11 is 1.19. The highest BCUT2D eigenvalue weighted by atomic mass is 32.1. The Bertz CT molecular complexity index is 1130. The molecule has 2 aromatic heterocycles. The number of halogens is 1. The highest BCUT2D eigenvalue weighted by Gasteiger charge is 2.18. The summed E-state index contributed by atoms with van der Waals surface area (Å²) in [4.78, 5) is 38.2. The van der Waals surface area contributed by atoms with Crippen LogP contribution >= 0.6 is 11.3 Å². The summed E-state index contributed by atoms with van der Waals surface area (Å²) in [5, 5.41) is 4.42. The molecular formula is C19H20FN3O4S. The van der Waals surface area contributed by atoms with Crippen molar-refractivity contribution in [3.63, 3.8) is 0 Å². The average Bonchev–Trinajstić information content (AvgIpc) is 3.15. The monoisotopic (exact) mass is 405 g/mol. The zero-order valence-electron chi connectivity index (χ0n) is 15.5. The molecule has 0 bridgehead atoms. The molecule has 1 aromatic carbocycles. The van der Waals surface area contributed by atoms with Gasteiger partial charge in [0.1, 0.15) is 17.1 Å². The predicted molar refractivity (Wildman–Crippen MR) is 106 cm³/mol. The molecule has 0 aliphatic heterocycles. The van der Waals surface area contributed by atoms with Gasteiger partial charge in [-0.2, -0.15) is 0 Å². The summed E-state index contributed by atoms with van der Waals surface area (Å²) in [6.07, 6.45) is 0.652. The van der Waals surface area contributed by atoms with Gasteiger partial charge in [0, 0.05) is 20.3 Å². The van der Waals surface area contributed by atoms with Crippen LogP contribution in [0.4, 0.5) is 4.39 Å². The summed E-state index contributed by atoms with van der Waals surface area (Å²) in [7, 11) is 1.58. The number of hydrogen-bond donors (Lipinski definition) is 1. The molecular weight excluding hydrogens is 385 g/mol. The fraction of sp³-hybridized carbons (Fsp3) is 0.316. The number of benzene rings is 1. The van der Waals surface area contributed by atoms with E-state index < -0.39 is 17.1 Å². The highest BCUT2D eigenvalue weighted by molar-refractivity contribution is 7.17. The van der Waals surface area contributed by atoms with E-state index in [1.165, 1.54) is 34.1 Å². The lowest BCUT2D eigenvalue weighted by atomic mass is 10.2. The van der Waals surface area contributed by atoms with Gasteiger partial charge >= 0.3 is 5.69 Å². The number of ether oxygens (including phenoxy) is 1. The van der Waals surface area contributed by atoms with Crippen LogP contribution in [0.1, 0.15) is 12.0 Å². The van der Waals surface area contributed by atoms with Gasteiger partial charge < -0.3 is 10.1 Å². The molecule has 9 heteroatoms. The minimum Gasteiger partial charge on any atom is -0.385 e. The first-order valence-corrected chi connectivity index (χ1v) is 9.57. The van der Waals surface area contributed by atoms with E-state index in [9.17, 15) is 18.8 Å². The molecule has 0 saturated carbocycles. The molecule has 28 heavy (non-hydrogen) atoms. The molecule has 0 unspecified atom stereocenters. The van der Waals surface area contributed by atoms with Crippen molar-refractivity contribution < 1.29 is 13.9 Å². The molecule has 0 spiro atoms. The number of nitrogens with one attached hydrogen (secondary N) is 1. The number of thiophene rings is 1. The summed E-state index contributed by atoms with van der Waals surface area (Å²) in [5.74, 6) is -0.768. The molecule has 0 saturated heterocycles. The van der Waals surface area contributed by atoms with Crippen LogP contribution in [-0.4, -0.2) is 35.3 Å². The zero-order chi connectivity index (χ0) is 20.3. The number of aromatic nitrogens is 2. The van der Waals surface area contributed by atoms with Crippen LogP contribution in [0.2, 0.25) is 0 Å². The Labute approximate surface area is 164 Å².